The summed E-state index contributed by atoms with van der Waals surface area (Å²) in [5, 5.41) is 0. The van der Waals surface area contributed by atoms with Crippen LogP contribution >= 0.6 is 0 Å². The normalized spacial score (nSPS) is 11.1. The third kappa shape index (κ3) is 5.00. The maximum Gasteiger partial charge on any atom is 0.231 e. The molecule has 2 N–H and O–H groups in total. The molecule has 0 radical (unpaired) electrons. The first-order valence-electron chi connectivity index (χ1n) is 6.04. The Balaban J connectivity index is 2.71. The minimum Gasteiger partial charge on any atom is -0.369 e. The Morgan fingerprint density at radius 2 is 2.00 bits per heavy atom. The van der Waals surface area contributed by atoms with Gasteiger partial charge in [0.2, 0.25) is 5.91 Å². The number of benzene rings is 1. The summed E-state index contributed by atoms with van der Waals surface area (Å²) in [6, 6.07) is 8.25. The SMILES string of the molecule is Cc1ccccc1CN(CC(N)=O)CC(C)C. The molecule has 0 aliphatic carbocycles. The number of rotatable bonds is 6. The number of hydrogen-bond acceptors (Lipinski definition) is 2. The van der Waals surface area contributed by atoms with Crippen LogP contribution in [0, 0.1) is 12.8 Å². The summed E-state index contributed by atoms with van der Waals surface area (Å²) in [6.07, 6.45) is 0. The smallest absolute Gasteiger partial charge is 0.231 e. The molecule has 1 rings (SSSR count). The lowest BCUT2D eigenvalue weighted by Crippen LogP contribution is -2.35. The fraction of sp³-hybridized carbons (Fsp3) is 0.500. The maximum absolute atomic E-state index is 11.0. The van der Waals surface area contributed by atoms with E-state index < -0.39 is 0 Å². The van der Waals surface area contributed by atoms with Gasteiger partial charge in [-0.2, -0.15) is 0 Å². The summed E-state index contributed by atoms with van der Waals surface area (Å²) >= 11 is 0. The van der Waals surface area contributed by atoms with Crippen LogP contribution in [0.15, 0.2) is 24.3 Å². The molecular weight excluding hydrogens is 212 g/mol. The van der Waals surface area contributed by atoms with Crippen LogP contribution in [0.2, 0.25) is 0 Å². The lowest BCUT2D eigenvalue weighted by Gasteiger charge is -2.23. The average Bonchev–Trinajstić information content (AvgIpc) is 2.19. The summed E-state index contributed by atoms with van der Waals surface area (Å²) in [4.78, 5) is 13.2. The summed E-state index contributed by atoms with van der Waals surface area (Å²) in [5.41, 5.74) is 7.79. The number of nitrogens with two attached hydrogens (primary N) is 1. The Hall–Kier alpha value is -1.35. The van der Waals surface area contributed by atoms with Crippen molar-refractivity contribution in [2.24, 2.45) is 11.7 Å². The first-order valence-corrected chi connectivity index (χ1v) is 6.04. The van der Waals surface area contributed by atoms with E-state index in [1.165, 1.54) is 11.1 Å². The van der Waals surface area contributed by atoms with Gasteiger partial charge in [0.05, 0.1) is 6.54 Å². The molecule has 1 amide bonds. The van der Waals surface area contributed by atoms with Crippen LogP contribution in [0.4, 0.5) is 0 Å². The van der Waals surface area contributed by atoms with Crippen molar-refractivity contribution in [2.75, 3.05) is 13.1 Å². The minimum atomic E-state index is -0.265. The monoisotopic (exact) mass is 234 g/mol. The zero-order valence-corrected chi connectivity index (χ0v) is 10.9. The average molecular weight is 234 g/mol. The van der Waals surface area contributed by atoms with Crippen LogP contribution in [0.5, 0.6) is 0 Å². The molecule has 1 aromatic carbocycles. The number of carbonyl (C=O) groups excluding carboxylic acids is 1. The predicted molar refractivity (Wildman–Crippen MR) is 70.5 cm³/mol. The van der Waals surface area contributed by atoms with Gasteiger partial charge in [-0.3, -0.25) is 9.69 Å². The zero-order valence-electron chi connectivity index (χ0n) is 10.9. The molecule has 17 heavy (non-hydrogen) atoms. The summed E-state index contributed by atoms with van der Waals surface area (Å²) in [6.45, 7) is 8.38. The first-order chi connectivity index (χ1) is 7.99. The van der Waals surface area contributed by atoms with Gasteiger partial charge in [-0.05, 0) is 24.0 Å². The quantitative estimate of drug-likeness (QED) is 0.817. The molecule has 1 aromatic rings. The van der Waals surface area contributed by atoms with E-state index in [1.807, 2.05) is 12.1 Å². The Kier molecular flexibility index (Phi) is 5.16. The number of amides is 1. The van der Waals surface area contributed by atoms with Crippen molar-refractivity contribution in [1.29, 1.82) is 0 Å². The van der Waals surface area contributed by atoms with Crippen LogP contribution in [-0.4, -0.2) is 23.9 Å². The third-order valence-corrected chi connectivity index (χ3v) is 2.66. The van der Waals surface area contributed by atoms with Gasteiger partial charge in [-0.25, -0.2) is 0 Å². The summed E-state index contributed by atoms with van der Waals surface area (Å²) < 4.78 is 0. The number of hydrogen-bond donors (Lipinski definition) is 1. The predicted octanol–water partition coefficient (Wildman–Crippen LogP) is 1.94. The molecule has 0 bridgehead atoms. The van der Waals surface area contributed by atoms with E-state index in [9.17, 15) is 4.79 Å². The van der Waals surface area contributed by atoms with Crippen LogP contribution < -0.4 is 5.73 Å². The van der Waals surface area contributed by atoms with E-state index in [2.05, 4.69) is 37.8 Å². The van der Waals surface area contributed by atoms with Crippen molar-refractivity contribution < 1.29 is 4.79 Å². The molecule has 0 saturated heterocycles. The van der Waals surface area contributed by atoms with Gasteiger partial charge in [-0.15, -0.1) is 0 Å². The molecule has 94 valence electrons. The second-order valence-electron chi connectivity index (χ2n) is 4.96. The fourth-order valence-corrected chi connectivity index (χ4v) is 1.95. The van der Waals surface area contributed by atoms with Gasteiger partial charge in [-0.1, -0.05) is 38.1 Å². The molecule has 0 unspecified atom stereocenters. The van der Waals surface area contributed by atoms with E-state index >= 15 is 0 Å². The van der Waals surface area contributed by atoms with E-state index in [-0.39, 0.29) is 5.91 Å². The first kappa shape index (κ1) is 13.7. The van der Waals surface area contributed by atoms with Gasteiger partial charge in [0.25, 0.3) is 0 Å². The molecule has 0 saturated carbocycles. The highest BCUT2D eigenvalue weighted by Gasteiger charge is 2.11. The van der Waals surface area contributed by atoms with Crippen molar-refractivity contribution in [3.8, 4) is 0 Å². The molecule has 0 aromatic heterocycles. The van der Waals surface area contributed by atoms with Gasteiger partial charge >= 0.3 is 0 Å². The molecular formula is C14H22N2O. The van der Waals surface area contributed by atoms with Crippen LogP contribution in [-0.2, 0) is 11.3 Å². The number of aryl methyl sites for hydroxylation is 1. The van der Waals surface area contributed by atoms with Gasteiger partial charge in [0.1, 0.15) is 0 Å². The van der Waals surface area contributed by atoms with Crippen LogP contribution in [0.1, 0.15) is 25.0 Å². The highest BCUT2D eigenvalue weighted by atomic mass is 16.1. The molecule has 0 aliphatic rings. The van der Waals surface area contributed by atoms with Crippen LogP contribution in [0.3, 0.4) is 0 Å². The summed E-state index contributed by atoms with van der Waals surface area (Å²) in [7, 11) is 0. The molecule has 3 heteroatoms. The number of carbonyl (C=O) groups is 1. The van der Waals surface area contributed by atoms with E-state index in [1.54, 1.807) is 0 Å². The maximum atomic E-state index is 11.0. The standard InChI is InChI=1S/C14H22N2O/c1-11(2)8-16(10-14(15)17)9-13-7-5-4-6-12(13)3/h4-7,11H,8-10H2,1-3H3,(H2,15,17). The lowest BCUT2D eigenvalue weighted by molar-refractivity contribution is -0.119. The highest BCUT2D eigenvalue weighted by molar-refractivity contribution is 5.75. The van der Waals surface area contributed by atoms with E-state index in [4.69, 9.17) is 5.73 Å². The number of primary amides is 1. The molecule has 0 heterocycles. The number of nitrogens with zero attached hydrogens (tertiary/aromatic N) is 1. The fourth-order valence-electron chi connectivity index (χ4n) is 1.95. The Bertz CT molecular complexity index is 374. The topological polar surface area (TPSA) is 46.3 Å². The Morgan fingerprint density at radius 1 is 1.35 bits per heavy atom. The van der Waals surface area contributed by atoms with Gasteiger partial charge in [0.15, 0.2) is 0 Å². The van der Waals surface area contributed by atoms with Crippen molar-refractivity contribution >= 4 is 5.91 Å². The van der Waals surface area contributed by atoms with E-state index in [0.29, 0.717) is 12.5 Å². The van der Waals surface area contributed by atoms with Crippen LogP contribution in [0.25, 0.3) is 0 Å². The van der Waals surface area contributed by atoms with Crippen molar-refractivity contribution in [3.63, 3.8) is 0 Å². The molecule has 0 aliphatic heterocycles. The highest BCUT2D eigenvalue weighted by Crippen LogP contribution is 2.11. The van der Waals surface area contributed by atoms with Crippen molar-refractivity contribution in [2.45, 2.75) is 27.3 Å². The largest absolute Gasteiger partial charge is 0.369 e. The summed E-state index contributed by atoms with van der Waals surface area (Å²) in [5.74, 6) is 0.262. The lowest BCUT2D eigenvalue weighted by atomic mass is 10.1. The molecule has 0 spiro atoms. The second-order valence-corrected chi connectivity index (χ2v) is 4.96. The third-order valence-electron chi connectivity index (χ3n) is 2.66. The van der Waals surface area contributed by atoms with Gasteiger partial charge in [0, 0.05) is 13.1 Å². The molecule has 0 atom stereocenters. The Morgan fingerprint density at radius 3 is 2.53 bits per heavy atom. The van der Waals surface area contributed by atoms with Gasteiger partial charge < -0.3 is 5.73 Å². The van der Waals surface area contributed by atoms with Crippen molar-refractivity contribution in [3.05, 3.63) is 35.4 Å². The Labute approximate surface area is 104 Å². The van der Waals surface area contributed by atoms with E-state index in [0.717, 1.165) is 13.1 Å². The van der Waals surface area contributed by atoms with Crippen molar-refractivity contribution in [1.82, 2.24) is 4.90 Å². The molecule has 3 nitrogen and oxygen atoms in total. The second kappa shape index (κ2) is 6.40. The zero-order chi connectivity index (χ0) is 12.8. The molecule has 0 fully saturated rings. The minimum absolute atomic E-state index is 0.265.